The third-order valence-corrected chi connectivity index (χ3v) is 3.91. The maximum Gasteiger partial charge on any atom is 0.0423 e. The predicted octanol–water partition coefficient (Wildman–Crippen LogP) is 4.07. The molecule has 0 bridgehead atoms. The summed E-state index contributed by atoms with van der Waals surface area (Å²) >= 11 is 12.0. The van der Waals surface area contributed by atoms with E-state index in [0.717, 1.165) is 29.4 Å². The predicted molar refractivity (Wildman–Crippen MR) is 70.4 cm³/mol. The van der Waals surface area contributed by atoms with Crippen molar-refractivity contribution in [2.45, 2.75) is 38.1 Å². The van der Waals surface area contributed by atoms with E-state index in [4.69, 9.17) is 23.2 Å². The first-order chi connectivity index (χ1) is 7.63. The molecule has 1 aliphatic heterocycles. The lowest BCUT2D eigenvalue weighted by Crippen LogP contribution is -2.41. The smallest absolute Gasteiger partial charge is 0.0423 e. The number of hydrogen-bond donors (Lipinski definition) is 1. The van der Waals surface area contributed by atoms with Gasteiger partial charge in [0.2, 0.25) is 0 Å². The van der Waals surface area contributed by atoms with Gasteiger partial charge in [0.1, 0.15) is 0 Å². The van der Waals surface area contributed by atoms with Gasteiger partial charge in [-0.05, 0) is 56.0 Å². The SMILES string of the molecule is CCC1(Cc2cc(Cl)cc(Cl)c2)CCCN1. The Morgan fingerprint density at radius 2 is 1.94 bits per heavy atom. The summed E-state index contributed by atoms with van der Waals surface area (Å²) in [5.74, 6) is 0. The highest BCUT2D eigenvalue weighted by Gasteiger charge is 2.31. The minimum Gasteiger partial charge on any atom is -0.311 e. The Bertz CT molecular complexity index is 350. The van der Waals surface area contributed by atoms with Crippen LogP contribution in [-0.4, -0.2) is 12.1 Å². The van der Waals surface area contributed by atoms with E-state index in [2.05, 4.69) is 12.2 Å². The summed E-state index contributed by atoms with van der Waals surface area (Å²) in [4.78, 5) is 0. The zero-order valence-electron chi connectivity index (χ0n) is 9.52. The van der Waals surface area contributed by atoms with Crippen LogP contribution in [0.2, 0.25) is 10.0 Å². The molecule has 1 heterocycles. The van der Waals surface area contributed by atoms with Gasteiger partial charge in [0.05, 0.1) is 0 Å². The van der Waals surface area contributed by atoms with Crippen molar-refractivity contribution < 1.29 is 0 Å². The number of halogens is 2. The van der Waals surface area contributed by atoms with E-state index in [-0.39, 0.29) is 5.54 Å². The van der Waals surface area contributed by atoms with Crippen molar-refractivity contribution in [3.63, 3.8) is 0 Å². The lowest BCUT2D eigenvalue weighted by molar-refractivity contribution is 0.360. The second kappa shape index (κ2) is 4.95. The molecule has 0 aliphatic carbocycles. The molecule has 1 nitrogen and oxygen atoms in total. The van der Waals surface area contributed by atoms with Crippen LogP contribution in [0.5, 0.6) is 0 Å². The first-order valence-electron chi connectivity index (χ1n) is 5.83. The third kappa shape index (κ3) is 2.71. The van der Waals surface area contributed by atoms with Gasteiger partial charge in [-0.3, -0.25) is 0 Å². The maximum atomic E-state index is 6.02. The van der Waals surface area contributed by atoms with Crippen LogP contribution in [0.4, 0.5) is 0 Å². The summed E-state index contributed by atoms with van der Waals surface area (Å²) in [5, 5.41) is 5.08. The molecule has 1 aromatic carbocycles. The first kappa shape index (κ1) is 12.2. The van der Waals surface area contributed by atoms with Crippen molar-refractivity contribution in [3.8, 4) is 0 Å². The van der Waals surface area contributed by atoms with Crippen molar-refractivity contribution in [1.82, 2.24) is 5.32 Å². The van der Waals surface area contributed by atoms with Gasteiger partial charge in [0.25, 0.3) is 0 Å². The fourth-order valence-corrected chi connectivity index (χ4v) is 3.12. The molecule has 3 heteroatoms. The quantitative estimate of drug-likeness (QED) is 0.861. The van der Waals surface area contributed by atoms with Crippen LogP contribution in [0.25, 0.3) is 0 Å². The number of rotatable bonds is 3. The van der Waals surface area contributed by atoms with Crippen LogP contribution >= 0.6 is 23.2 Å². The molecule has 88 valence electrons. The number of nitrogens with one attached hydrogen (secondary N) is 1. The zero-order valence-corrected chi connectivity index (χ0v) is 11.0. The largest absolute Gasteiger partial charge is 0.311 e. The molecule has 1 aromatic rings. The van der Waals surface area contributed by atoms with Crippen molar-refractivity contribution in [1.29, 1.82) is 0 Å². The molecule has 0 radical (unpaired) electrons. The molecule has 1 saturated heterocycles. The van der Waals surface area contributed by atoms with Crippen molar-refractivity contribution in [3.05, 3.63) is 33.8 Å². The first-order valence-corrected chi connectivity index (χ1v) is 6.59. The molecule has 2 rings (SSSR count). The van der Waals surface area contributed by atoms with Crippen LogP contribution in [0.15, 0.2) is 18.2 Å². The van der Waals surface area contributed by atoms with Crippen LogP contribution in [0.3, 0.4) is 0 Å². The summed E-state index contributed by atoms with van der Waals surface area (Å²) in [6.07, 6.45) is 4.68. The Balaban J connectivity index is 2.18. The van der Waals surface area contributed by atoms with E-state index in [0.29, 0.717) is 0 Å². The summed E-state index contributed by atoms with van der Waals surface area (Å²) < 4.78 is 0. The van der Waals surface area contributed by atoms with E-state index >= 15 is 0 Å². The molecule has 1 N–H and O–H groups in total. The van der Waals surface area contributed by atoms with Gasteiger partial charge in [0, 0.05) is 15.6 Å². The van der Waals surface area contributed by atoms with Crippen molar-refractivity contribution >= 4 is 23.2 Å². The third-order valence-electron chi connectivity index (χ3n) is 3.47. The Morgan fingerprint density at radius 1 is 1.25 bits per heavy atom. The highest BCUT2D eigenvalue weighted by atomic mass is 35.5. The molecule has 16 heavy (non-hydrogen) atoms. The summed E-state index contributed by atoms with van der Waals surface area (Å²) in [5.41, 5.74) is 1.49. The molecule has 1 unspecified atom stereocenters. The molecular weight excluding hydrogens is 241 g/mol. The molecule has 0 amide bonds. The lowest BCUT2D eigenvalue weighted by Gasteiger charge is -2.28. The summed E-state index contributed by atoms with van der Waals surface area (Å²) in [6.45, 7) is 3.37. The minimum absolute atomic E-state index is 0.258. The van der Waals surface area contributed by atoms with Crippen molar-refractivity contribution in [2.24, 2.45) is 0 Å². The van der Waals surface area contributed by atoms with E-state index < -0.39 is 0 Å². The fourth-order valence-electron chi connectivity index (χ4n) is 2.55. The van der Waals surface area contributed by atoms with Gasteiger partial charge in [-0.2, -0.15) is 0 Å². The van der Waals surface area contributed by atoms with Gasteiger partial charge in [0.15, 0.2) is 0 Å². The van der Waals surface area contributed by atoms with E-state index in [1.807, 2.05) is 12.1 Å². The highest BCUT2D eigenvalue weighted by molar-refractivity contribution is 6.34. The topological polar surface area (TPSA) is 12.0 Å². The van der Waals surface area contributed by atoms with Crippen LogP contribution in [-0.2, 0) is 6.42 Å². The van der Waals surface area contributed by atoms with E-state index in [1.54, 1.807) is 6.07 Å². The van der Waals surface area contributed by atoms with E-state index in [1.165, 1.54) is 18.4 Å². The van der Waals surface area contributed by atoms with Crippen LogP contribution in [0, 0.1) is 0 Å². The Kier molecular flexibility index (Phi) is 3.78. The average Bonchev–Trinajstić information content (AvgIpc) is 2.65. The van der Waals surface area contributed by atoms with Gasteiger partial charge >= 0.3 is 0 Å². The summed E-state index contributed by atoms with van der Waals surface area (Å²) in [7, 11) is 0. The summed E-state index contributed by atoms with van der Waals surface area (Å²) in [6, 6.07) is 5.82. The molecule has 0 saturated carbocycles. The lowest BCUT2D eigenvalue weighted by atomic mass is 9.87. The number of hydrogen-bond acceptors (Lipinski definition) is 1. The van der Waals surface area contributed by atoms with Crippen molar-refractivity contribution in [2.75, 3.05) is 6.54 Å². The Hall–Kier alpha value is -0.240. The maximum absolute atomic E-state index is 6.02. The fraction of sp³-hybridized carbons (Fsp3) is 0.538. The molecule has 0 aromatic heterocycles. The highest BCUT2D eigenvalue weighted by Crippen LogP contribution is 2.29. The van der Waals surface area contributed by atoms with Gasteiger partial charge < -0.3 is 5.32 Å². The zero-order chi connectivity index (χ0) is 11.6. The standard InChI is InChI=1S/C13H17Cl2N/c1-2-13(4-3-5-16-13)9-10-6-11(14)8-12(15)7-10/h6-8,16H,2-5,9H2,1H3. The monoisotopic (exact) mass is 257 g/mol. The second-order valence-corrected chi connectivity index (χ2v) is 5.49. The molecule has 1 atom stereocenters. The normalized spacial score (nSPS) is 24.9. The average molecular weight is 258 g/mol. The Labute approximate surface area is 107 Å². The minimum atomic E-state index is 0.258. The number of benzene rings is 1. The second-order valence-electron chi connectivity index (χ2n) is 4.62. The van der Waals surface area contributed by atoms with Gasteiger partial charge in [-0.1, -0.05) is 30.1 Å². The molecule has 1 aliphatic rings. The van der Waals surface area contributed by atoms with Gasteiger partial charge in [-0.15, -0.1) is 0 Å². The Morgan fingerprint density at radius 3 is 2.44 bits per heavy atom. The van der Waals surface area contributed by atoms with Crippen LogP contribution < -0.4 is 5.32 Å². The molecule has 1 fully saturated rings. The van der Waals surface area contributed by atoms with Crippen LogP contribution in [0.1, 0.15) is 31.7 Å². The van der Waals surface area contributed by atoms with E-state index in [9.17, 15) is 0 Å². The molecular formula is C13H17Cl2N. The van der Waals surface area contributed by atoms with Gasteiger partial charge in [-0.25, -0.2) is 0 Å². The molecule has 0 spiro atoms.